The zero-order valence-electron chi connectivity index (χ0n) is 19.3. The molecule has 0 N–H and O–H groups in total. The minimum absolute atomic E-state index is 0.00288. The first kappa shape index (κ1) is 24.5. The summed E-state index contributed by atoms with van der Waals surface area (Å²) in [5.74, 6) is 0.978. The maximum atomic E-state index is 12.6. The van der Waals surface area contributed by atoms with Gasteiger partial charge in [-0.15, -0.1) is 0 Å². The summed E-state index contributed by atoms with van der Waals surface area (Å²) in [7, 11) is 3.34. The number of pyridine rings is 1. The summed E-state index contributed by atoms with van der Waals surface area (Å²) < 4.78 is 39.3. The van der Waals surface area contributed by atoms with E-state index in [2.05, 4.69) is 9.72 Å². The van der Waals surface area contributed by atoms with Crippen LogP contribution in [0.1, 0.15) is 11.1 Å². The molecule has 0 bridgehead atoms. The van der Waals surface area contributed by atoms with Crippen LogP contribution in [0.4, 0.5) is 8.78 Å². The molecule has 7 nitrogen and oxygen atoms in total. The Morgan fingerprint density at radius 1 is 1.03 bits per heavy atom. The Morgan fingerprint density at radius 2 is 1.83 bits per heavy atom. The summed E-state index contributed by atoms with van der Waals surface area (Å²) in [6.07, 6.45) is 3.48. The number of alkyl halides is 2. The van der Waals surface area contributed by atoms with Crippen LogP contribution >= 0.6 is 12.2 Å². The molecule has 2 aromatic carbocycles. The van der Waals surface area contributed by atoms with Gasteiger partial charge in [-0.05, 0) is 54.7 Å². The Labute approximate surface area is 207 Å². The molecular weight excluding hydrogens is 472 g/mol. The van der Waals surface area contributed by atoms with Crippen LogP contribution in [-0.4, -0.2) is 45.0 Å². The van der Waals surface area contributed by atoms with Gasteiger partial charge in [0.2, 0.25) is 0 Å². The van der Waals surface area contributed by atoms with E-state index >= 15 is 0 Å². The van der Waals surface area contributed by atoms with Gasteiger partial charge in [-0.3, -0.25) is 14.5 Å². The third-order valence-corrected chi connectivity index (χ3v) is 5.73. The Bertz CT molecular complexity index is 1310. The third kappa shape index (κ3) is 6.09. The van der Waals surface area contributed by atoms with Crippen LogP contribution < -0.4 is 9.47 Å². The SMILES string of the molecule is COc1cc(CN(C)Cn2nc(-c3cccnc3)n(Cc3ccccc3)c2=S)ccc1OC(F)F. The third-order valence-electron chi connectivity index (χ3n) is 5.30. The van der Waals surface area contributed by atoms with E-state index in [-0.39, 0.29) is 11.5 Å². The number of hydrogen-bond donors (Lipinski definition) is 0. The molecule has 10 heteroatoms. The molecule has 0 fully saturated rings. The minimum atomic E-state index is -2.92. The normalized spacial score (nSPS) is 11.3. The lowest BCUT2D eigenvalue weighted by atomic mass is 10.2. The molecule has 0 radical (unpaired) electrons. The average Bonchev–Trinajstić information content (AvgIpc) is 3.15. The first-order valence-corrected chi connectivity index (χ1v) is 11.3. The van der Waals surface area contributed by atoms with Crippen molar-refractivity contribution in [1.82, 2.24) is 24.2 Å². The summed E-state index contributed by atoms with van der Waals surface area (Å²) in [5.41, 5.74) is 2.85. The summed E-state index contributed by atoms with van der Waals surface area (Å²) in [6.45, 7) is -1.40. The number of methoxy groups -OCH3 is 1. The van der Waals surface area contributed by atoms with Gasteiger partial charge in [0, 0.05) is 24.5 Å². The summed E-state index contributed by atoms with van der Waals surface area (Å²) in [5, 5.41) is 4.80. The van der Waals surface area contributed by atoms with E-state index in [1.54, 1.807) is 29.2 Å². The zero-order valence-corrected chi connectivity index (χ0v) is 20.2. The Morgan fingerprint density at radius 3 is 2.51 bits per heavy atom. The number of ether oxygens (including phenoxy) is 2. The first-order chi connectivity index (χ1) is 16.9. The molecule has 0 aliphatic rings. The zero-order chi connectivity index (χ0) is 24.8. The van der Waals surface area contributed by atoms with Crippen molar-refractivity contribution in [2.45, 2.75) is 26.4 Å². The monoisotopic (exact) mass is 497 g/mol. The fourth-order valence-electron chi connectivity index (χ4n) is 3.74. The van der Waals surface area contributed by atoms with Gasteiger partial charge in [0.1, 0.15) is 0 Å². The highest BCUT2D eigenvalue weighted by atomic mass is 32.1. The Hall–Kier alpha value is -3.63. The first-order valence-electron chi connectivity index (χ1n) is 10.9. The molecule has 0 amide bonds. The van der Waals surface area contributed by atoms with Crippen LogP contribution in [0.3, 0.4) is 0 Å². The van der Waals surface area contributed by atoms with Crippen molar-refractivity contribution < 1.29 is 18.3 Å². The summed E-state index contributed by atoms with van der Waals surface area (Å²) >= 11 is 5.80. The Balaban J connectivity index is 1.58. The second-order valence-corrected chi connectivity index (χ2v) is 8.30. The van der Waals surface area contributed by atoms with E-state index in [1.807, 2.05) is 59.0 Å². The highest BCUT2D eigenvalue weighted by Crippen LogP contribution is 2.30. The van der Waals surface area contributed by atoms with Crippen molar-refractivity contribution >= 4 is 12.2 Å². The molecule has 182 valence electrons. The summed E-state index contributed by atoms with van der Waals surface area (Å²) in [6, 6.07) is 18.8. The standard InChI is InChI=1S/C25H25F2N5O2S/c1-30(15-19-10-11-21(34-24(26)27)22(13-19)33-2)17-32-25(35)31(16-18-7-4-3-5-8-18)23(29-32)20-9-6-12-28-14-20/h3-14,24H,15-17H2,1-2H3. The fraction of sp³-hybridized carbons (Fsp3) is 0.240. The number of halogens is 2. The van der Waals surface area contributed by atoms with Crippen LogP contribution in [0, 0.1) is 4.77 Å². The molecule has 0 spiro atoms. The Kier molecular flexibility index (Phi) is 7.84. The van der Waals surface area contributed by atoms with Gasteiger partial charge in [-0.25, -0.2) is 4.68 Å². The van der Waals surface area contributed by atoms with Gasteiger partial charge >= 0.3 is 6.61 Å². The predicted octanol–water partition coefficient (Wildman–Crippen LogP) is 5.22. The van der Waals surface area contributed by atoms with Crippen molar-refractivity contribution in [3.8, 4) is 22.9 Å². The number of benzene rings is 2. The van der Waals surface area contributed by atoms with Crippen LogP contribution in [0.5, 0.6) is 11.5 Å². The molecule has 0 saturated heterocycles. The van der Waals surface area contributed by atoms with Crippen LogP contribution in [0.2, 0.25) is 0 Å². The maximum Gasteiger partial charge on any atom is 0.387 e. The van der Waals surface area contributed by atoms with E-state index < -0.39 is 6.61 Å². The molecule has 2 aromatic heterocycles. The minimum Gasteiger partial charge on any atom is -0.493 e. The summed E-state index contributed by atoms with van der Waals surface area (Å²) in [4.78, 5) is 6.25. The number of rotatable bonds is 10. The lowest BCUT2D eigenvalue weighted by Crippen LogP contribution is -2.22. The highest BCUT2D eigenvalue weighted by Gasteiger charge is 2.16. The van der Waals surface area contributed by atoms with Crippen molar-refractivity contribution in [3.63, 3.8) is 0 Å². The molecular formula is C25H25F2N5O2S. The topological polar surface area (TPSA) is 57.3 Å². The molecule has 2 heterocycles. The average molecular weight is 498 g/mol. The number of hydrogen-bond acceptors (Lipinski definition) is 6. The van der Waals surface area contributed by atoms with Crippen molar-refractivity contribution in [1.29, 1.82) is 0 Å². The van der Waals surface area contributed by atoms with E-state index in [9.17, 15) is 8.78 Å². The molecule has 0 saturated carbocycles. The van der Waals surface area contributed by atoms with Crippen molar-refractivity contribution in [3.05, 3.63) is 89.0 Å². The van der Waals surface area contributed by atoms with Gasteiger partial charge in [0.05, 0.1) is 20.3 Å². The molecule has 35 heavy (non-hydrogen) atoms. The maximum absolute atomic E-state index is 12.6. The van der Waals surface area contributed by atoms with Crippen molar-refractivity contribution in [2.24, 2.45) is 0 Å². The number of nitrogens with zero attached hydrogens (tertiary/aromatic N) is 5. The fourth-order valence-corrected chi connectivity index (χ4v) is 3.99. The molecule has 4 rings (SSSR count). The van der Waals surface area contributed by atoms with E-state index in [1.165, 1.54) is 13.2 Å². The van der Waals surface area contributed by atoms with Gasteiger partial charge in [-0.2, -0.15) is 13.9 Å². The second-order valence-electron chi connectivity index (χ2n) is 7.94. The smallest absolute Gasteiger partial charge is 0.387 e. The second kappa shape index (κ2) is 11.2. The van der Waals surface area contributed by atoms with Crippen molar-refractivity contribution in [2.75, 3.05) is 14.2 Å². The molecule has 0 aliphatic heterocycles. The van der Waals surface area contributed by atoms with Gasteiger partial charge in [0.25, 0.3) is 0 Å². The quantitative estimate of drug-likeness (QED) is 0.280. The van der Waals surface area contributed by atoms with E-state index in [0.29, 0.717) is 24.5 Å². The number of aromatic nitrogens is 4. The largest absolute Gasteiger partial charge is 0.493 e. The van der Waals surface area contributed by atoms with Gasteiger partial charge < -0.3 is 9.47 Å². The predicted molar refractivity (Wildman–Crippen MR) is 131 cm³/mol. The molecule has 0 unspecified atom stereocenters. The lowest BCUT2D eigenvalue weighted by Gasteiger charge is -2.18. The van der Waals surface area contributed by atoms with Gasteiger partial charge in [-0.1, -0.05) is 36.4 Å². The molecule has 0 atom stereocenters. The highest BCUT2D eigenvalue weighted by molar-refractivity contribution is 7.71. The van der Waals surface area contributed by atoms with E-state index in [4.69, 9.17) is 22.1 Å². The van der Waals surface area contributed by atoms with Crippen LogP contribution in [0.25, 0.3) is 11.4 Å². The van der Waals surface area contributed by atoms with Crippen LogP contribution in [0.15, 0.2) is 73.1 Å². The molecule has 4 aromatic rings. The van der Waals surface area contributed by atoms with Crippen LogP contribution in [-0.2, 0) is 19.8 Å². The van der Waals surface area contributed by atoms with E-state index in [0.717, 1.165) is 22.5 Å². The lowest BCUT2D eigenvalue weighted by molar-refractivity contribution is -0.0512. The molecule has 0 aliphatic carbocycles. The van der Waals surface area contributed by atoms with Gasteiger partial charge in [0.15, 0.2) is 22.1 Å².